The number of benzene rings is 1. The summed E-state index contributed by atoms with van der Waals surface area (Å²) in [5.74, 6) is -0.556. The van der Waals surface area contributed by atoms with Gasteiger partial charge in [0.05, 0.1) is 17.7 Å². The van der Waals surface area contributed by atoms with Gasteiger partial charge < -0.3 is 10.1 Å². The Kier molecular flexibility index (Phi) is 6.45. The summed E-state index contributed by atoms with van der Waals surface area (Å²) in [5, 5.41) is 2.80. The molecule has 1 saturated heterocycles. The van der Waals surface area contributed by atoms with E-state index in [1.54, 1.807) is 0 Å². The molecule has 30 heavy (non-hydrogen) atoms. The van der Waals surface area contributed by atoms with Gasteiger partial charge in [-0.2, -0.15) is 13.2 Å². The van der Waals surface area contributed by atoms with E-state index in [0.717, 1.165) is 18.9 Å². The molecule has 1 unspecified atom stereocenters. The van der Waals surface area contributed by atoms with Gasteiger partial charge >= 0.3 is 6.18 Å². The third kappa shape index (κ3) is 4.48. The zero-order valence-electron chi connectivity index (χ0n) is 17.6. The van der Waals surface area contributed by atoms with Crippen LogP contribution in [0, 0.1) is 11.8 Å². The average Bonchev–Trinajstić information content (AvgIpc) is 3.06. The van der Waals surface area contributed by atoms with Crippen LogP contribution < -0.4 is 5.32 Å². The molecule has 2 amide bonds. The first-order valence-electron chi connectivity index (χ1n) is 10.5. The molecule has 2 aliphatic rings. The van der Waals surface area contributed by atoms with E-state index in [1.165, 1.54) is 23.1 Å². The molecule has 0 bridgehead atoms. The second-order valence-corrected chi connectivity index (χ2v) is 8.81. The monoisotopic (exact) mass is 426 g/mol. The summed E-state index contributed by atoms with van der Waals surface area (Å²) in [6.07, 6.45) is -2.10. The van der Waals surface area contributed by atoms with Crippen LogP contribution in [0.2, 0.25) is 0 Å². The van der Waals surface area contributed by atoms with Gasteiger partial charge in [-0.25, -0.2) is 0 Å². The first-order valence-corrected chi connectivity index (χ1v) is 10.5. The highest BCUT2D eigenvalue weighted by Gasteiger charge is 2.54. The third-order valence-corrected chi connectivity index (χ3v) is 5.99. The van der Waals surface area contributed by atoms with Crippen molar-refractivity contribution in [2.45, 2.75) is 64.4 Å². The number of amides is 2. The maximum Gasteiger partial charge on any atom is 0.417 e. The Hall–Kier alpha value is -2.09. The Balaban J connectivity index is 1.98. The van der Waals surface area contributed by atoms with Gasteiger partial charge in [0.2, 0.25) is 5.91 Å². The molecular weight excluding hydrogens is 397 g/mol. The van der Waals surface area contributed by atoms with Gasteiger partial charge in [0, 0.05) is 6.54 Å². The van der Waals surface area contributed by atoms with E-state index >= 15 is 0 Å². The Bertz CT molecular complexity index is 786. The Morgan fingerprint density at radius 3 is 2.47 bits per heavy atom. The lowest BCUT2D eigenvalue weighted by atomic mass is 9.83. The van der Waals surface area contributed by atoms with Crippen molar-refractivity contribution in [3.63, 3.8) is 0 Å². The van der Waals surface area contributed by atoms with E-state index < -0.39 is 40.9 Å². The minimum Gasteiger partial charge on any atom is -0.354 e. The Morgan fingerprint density at radius 1 is 1.23 bits per heavy atom. The molecule has 1 aliphatic carbocycles. The van der Waals surface area contributed by atoms with Gasteiger partial charge in [-0.05, 0) is 49.7 Å². The van der Waals surface area contributed by atoms with Crippen molar-refractivity contribution in [1.82, 2.24) is 10.2 Å². The topological polar surface area (TPSA) is 58.6 Å². The molecule has 166 valence electrons. The number of halogens is 3. The van der Waals surface area contributed by atoms with Crippen LogP contribution in [0.3, 0.4) is 0 Å². The molecule has 0 aromatic heterocycles. The normalized spacial score (nSPS) is 27.0. The molecule has 3 rings (SSSR count). The molecule has 1 aromatic rings. The van der Waals surface area contributed by atoms with E-state index in [4.69, 9.17) is 4.74 Å². The minimum atomic E-state index is -4.67. The number of hydrogen-bond donors (Lipinski definition) is 1. The average molecular weight is 426 g/mol. The molecule has 5 nitrogen and oxygen atoms in total. The fourth-order valence-electron chi connectivity index (χ4n) is 4.25. The lowest BCUT2D eigenvalue weighted by Crippen LogP contribution is -2.57. The number of carbonyl (C=O) groups is 2. The van der Waals surface area contributed by atoms with E-state index in [2.05, 4.69) is 12.2 Å². The first kappa shape index (κ1) is 22.6. The number of rotatable bonds is 4. The van der Waals surface area contributed by atoms with Crippen molar-refractivity contribution in [3.8, 4) is 0 Å². The molecule has 1 aromatic carbocycles. The van der Waals surface area contributed by atoms with Crippen molar-refractivity contribution in [2.24, 2.45) is 11.8 Å². The van der Waals surface area contributed by atoms with Gasteiger partial charge in [0.25, 0.3) is 5.91 Å². The van der Waals surface area contributed by atoms with Crippen LogP contribution in [0.4, 0.5) is 13.2 Å². The summed E-state index contributed by atoms with van der Waals surface area (Å²) in [5.41, 5.74) is -2.49. The van der Waals surface area contributed by atoms with E-state index in [0.29, 0.717) is 25.3 Å². The highest BCUT2D eigenvalue weighted by Crippen LogP contribution is 2.44. The van der Waals surface area contributed by atoms with Crippen molar-refractivity contribution in [1.29, 1.82) is 0 Å². The van der Waals surface area contributed by atoms with Crippen LogP contribution in [-0.4, -0.2) is 41.6 Å². The van der Waals surface area contributed by atoms with E-state index in [9.17, 15) is 22.8 Å². The molecular formula is C22H29F3N2O3. The SMILES string of the molecule is CC(C)CNC(=O)C1COC2(CCC(C)CC2)N1C(=O)c1ccccc1C(F)(F)F. The van der Waals surface area contributed by atoms with Crippen LogP contribution in [0.15, 0.2) is 24.3 Å². The summed E-state index contributed by atoms with van der Waals surface area (Å²) in [6, 6.07) is 3.78. The quantitative estimate of drug-likeness (QED) is 0.784. The fraction of sp³-hybridized carbons (Fsp3) is 0.636. The van der Waals surface area contributed by atoms with Crippen molar-refractivity contribution >= 4 is 11.8 Å². The maximum atomic E-state index is 13.6. The molecule has 2 fully saturated rings. The molecule has 1 aliphatic heterocycles. The van der Waals surface area contributed by atoms with Gasteiger partial charge in [0.1, 0.15) is 11.8 Å². The smallest absolute Gasteiger partial charge is 0.354 e. The largest absolute Gasteiger partial charge is 0.417 e. The van der Waals surface area contributed by atoms with Gasteiger partial charge in [0.15, 0.2) is 0 Å². The summed E-state index contributed by atoms with van der Waals surface area (Å²) in [6.45, 7) is 6.38. The summed E-state index contributed by atoms with van der Waals surface area (Å²) < 4.78 is 46.7. The zero-order valence-corrected chi connectivity index (χ0v) is 17.6. The van der Waals surface area contributed by atoms with Crippen LogP contribution >= 0.6 is 0 Å². The van der Waals surface area contributed by atoms with E-state index in [1.807, 2.05) is 13.8 Å². The number of nitrogens with one attached hydrogen (secondary N) is 1. The first-order chi connectivity index (χ1) is 14.0. The van der Waals surface area contributed by atoms with Crippen LogP contribution in [0.5, 0.6) is 0 Å². The summed E-state index contributed by atoms with van der Waals surface area (Å²) >= 11 is 0. The second-order valence-electron chi connectivity index (χ2n) is 8.81. The second kappa shape index (κ2) is 8.57. The van der Waals surface area contributed by atoms with Crippen molar-refractivity contribution in [2.75, 3.05) is 13.2 Å². The van der Waals surface area contributed by atoms with Gasteiger partial charge in [-0.3, -0.25) is 14.5 Å². The Morgan fingerprint density at radius 2 is 1.87 bits per heavy atom. The van der Waals surface area contributed by atoms with Crippen molar-refractivity contribution < 1.29 is 27.5 Å². The van der Waals surface area contributed by atoms with E-state index in [-0.39, 0.29) is 12.5 Å². The molecule has 1 atom stereocenters. The number of alkyl halides is 3. The molecule has 1 spiro atoms. The van der Waals surface area contributed by atoms with Crippen LogP contribution in [0.1, 0.15) is 62.4 Å². The van der Waals surface area contributed by atoms with Crippen LogP contribution in [0.25, 0.3) is 0 Å². The maximum absolute atomic E-state index is 13.6. The minimum absolute atomic E-state index is 0.0156. The highest BCUT2D eigenvalue weighted by molar-refractivity contribution is 5.99. The Labute approximate surface area is 175 Å². The number of nitrogens with zero attached hydrogens (tertiary/aromatic N) is 1. The molecule has 1 N–H and O–H groups in total. The summed E-state index contributed by atoms with van der Waals surface area (Å²) in [4.78, 5) is 27.6. The summed E-state index contributed by atoms with van der Waals surface area (Å²) in [7, 11) is 0. The lowest BCUT2D eigenvalue weighted by molar-refractivity contribution is -0.138. The third-order valence-electron chi connectivity index (χ3n) is 5.99. The highest BCUT2D eigenvalue weighted by atomic mass is 19.4. The fourth-order valence-corrected chi connectivity index (χ4v) is 4.25. The standard InChI is InChI=1S/C22H29F3N2O3/c1-14(2)12-26-19(28)18-13-30-21(10-8-15(3)9-11-21)27(18)20(29)16-6-4-5-7-17(16)22(23,24)25/h4-7,14-15,18H,8-13H2,1-3H3,(H,26,28). The van der Waals surface area contributed by atoms with Crippen molar-refractivity contribution in [3.05, 3.63) is 35.4 Å². The van der Waals surface area contributed by atoms with Gasteiger partial charge in [-0.1, -0.05) is 32.9 Å². The molecule has 1 saturated carbocycles. The molecule has 0 radical (unpaired) electrons. The number of ether oxygens (including phenoxy) is 1. The van der Waals surface area contributed by atoms with Crippen LogP contribution in [-0.2, 0) is 15.7 Å². The predicted molar refractivity (Wildman–Crippen MR) is 106 cm³/mol. The number of hydrogen-bond acceptors (Lipinski definition) is 3. The molecule has 1 heterocycles. The van der Waals surface area contributed by atoms with Gasteiger partial charge in [-0.15, -0.1) is 0 Å². The lowest BCUT2D eigenvalue weighted by Gasteiger charge is -2.43. The number of carbonyl (C=O) groups excluding carboxylic acids is 2. The molecule has 8 heteroatoms. The zero-order chi connectivity index (χ0) is 22.1. The predicted octanol–water partition coefficient (Wildman–Crippen LogP) is 4.23.